The number of oxazole rings is 1. The zero-order valence-corrected chi connectivity index (χ0v) is 13.1. The fourth-order valence-electron chi connectivity index (χ4n) is 2.75. The van der Waals surface area contributed by atoms with Crippen molar-refractivity contribution in [2.24, 2.45) is 0 Å². The third-order valence-corrected chi connectivity index (χ3v) is 3.85. The molecule has 0 unspecified atom stereocenters. The largest absolute Gasteiger partial charge is 0.478 e. The van der Waals surface area contributed by atoms with Gasteiger partial charge in [-0.25, -0.2) is 9.78 Å². The summed E-state index contributed by atoms with van der Waals surface area (Å²) in [6.07, 6.45) is 1.77. The summed E-state index contributed by atoms with van der Waals surface area (Å²) in [5.41, 5.74) is 2.27. The van der Waals surface area contributed by atoms with Crippen LogP contribution in [0, 0.1) is 0 Å². The molecule has 2 heterocycles. The van der Waals surface area contributed by atoms with E-state index in [0.717, 1.165) is 29.3 Å². The minimum absolute atomic E-state index is 0.108. The zero-order valence-electron chi connectivity index (χ0n) is 13.1. The lowest BCUT2D eigenvalue weighted by Gasteiger charge is -2.14. The molecular formula is C17H20N2O3. The van der Waals surface area contributed by atoms with Crippen LogP contribution in [0.1, 0.15) is 53.9 Å². The molecule has 0 saturated carbocycles. The first-order valence-corrected chi connectivity index (χ1v) is 7.36. The van der Waals surface area contributed by atoms with Gasteiger partial charge >= 0.3 is 5.97 Å². The number of aromatic carboxylic acids is 1. The predicted molar refractivity (Wildman–Crippen MR) is 81.6 cm³/mol. The van der Waals surface area contributed by atoms with E-state index < -0.39 is 5.97 Å². The Labute approximate surface area is 129 Å². The smallest absolute Gasteiger partial charge is 0.336 e. The molecule has 0 amide bonds. The van der Waals surface area contributed by atoms with Crippen molar-refractivity contribution in [3.05, 3.63) is 52.7 Å². The zero-order chi connectivity index (χ0) is 15.9. The Balaban J connectivity index is 1.76. The Morgan fingerprint density at radius 3 is 2.77 bits per heavy atom. The van der Waals surface area contributed by atoms with Gasteiger partial charge < -0.3 is 9.52 Å². The van der Waals surface area contributed by atoms with Gasteiger partial charge in [-0.15, -0.1) is 0 Å². The van der Waals surface area contributed by atoms with Crippen LogP contribution in [0.3, 0.4) is 0 Å². The van der Waals surface area contributed by atoms with E-state index in [-0.39, 0.29) is 5.41 Å². The van der Waals surface area contributed by atoms with Gasteiger partial charge in [0.05, 0.1) is 18.3 Å². The summed E-state index contributed by atoms with van der Waals surface area (Å²) >= 11 is 0. The van der Waals surface area contributed by atoms with E-state index in [9.17, 15) is 9.90 Å². The van der Waals surface area contributed by atoms with Gasteiger partial charge in [-0.05, 0) is 17.2 Å². The average Bonchev–Trinajstić information content (AvgIpc) is 3.03. The lowest BCUT2D eigenvalue weighted by Crippen LogP contribution is -2.16. The molecule has 116 valence electrons. The molecule has 2 aromatic rings. The highest BCUT2D eigenvalue weighted by Crippen LogP contribution is 2.28. The summed E-state index contributed by atoms with van der Waals surface area (Å²) in [5, 5.41) is 9.27. The molecule has 5 nitrogen and oxygen atoms in total. The standard InChI is InChI=1S/C17H20N2O3/c1-17(2,3)16-18-7-12(22-16)9-19-8-11-5-4-6-13(15(20)21)14(11)10-19/h4-7H,8-10H2,1-3H3,(H,20,21). The molecule has 0 bridgehead atoms. The molecule has 0 radical (unpaired) electrons. The first-order chi connectivity index (χ1) is 10.3. The van der Waals surface area contributed by atoms with E-state index in [1.807, 2.05) is 6.07 Å². The van der Waals surface area contributed by atoms with E-state index in [2.05, 4.69) is 30.7 Å². The third-order valence-electron chi connectivity index (χ3n) is 3.85. The van der Waals surface area contributed by atoms with E-state index in [1.54, 1.807) is 18.3 Å². The second-order valence-corrected chi connectivity index (χ2v) is 6.78. The molecule has 1 aliphatic rings. The number of carboxylic acids is 1. The van der Waals surface area contributed by atoms with E-state index in [1.165, 1.54) is 0 Å². The molecule has 1 N–H and O–H groups in total. The van der Waals surface area contributed by atoms with Gasteiger partial charge in [0.2, 0.25) is 0 Å². The maximum Gasteiger partial charge on any atom is 0.336 e. The van der Waals surface area contributed by atoms with Crippen LogP contribution >= 0.6 is 0 Å². The van der Waals surface area contributed by atoms with Gasteiger partial charge in [0, 0.05) is 18.5 Å². The van der Waals surface area contributed by atoms with Crippen LogP contribution < -0.4 is 0 Å². The Hall–Kier alpha value is -2.14. The Bertz CT molecular complexity index is 713. The lowest BCUT2D eigenvalue weighted by molar-refractivity contribution is 0.0695. The SMILES string of the molecule is CC(C)(C)c1ncc(CN2Cc3cccc(C(=O)O)c3C2)o1. The second-order valence-electron chi connectivity index (χ2n) is 6.78. The molecule has 1 aromatic heterocycles. The molecular weight excluding hydrogens is 280 g/mol. The lowest BCUT2D eigenvalue weighted by atomic mass is 9.97. The minimum Gasteiger partial charge on any atom is -0.478 e. The normalized spacial score (nSPS) is 15.0. The quantitative estimate of drug-likeness (QED) is 0.943. The maximum absolute atomic E-state index is 11.3. The summed E-state index contributed by atoms with van der Waals surface area (Å²) < 4.78 is 5.82. The number of carboxylic acid groups (broad SMARTS) is 1. The van der Waals surface area contributed by atoms with Crippen LogP contribution in [0.2, 0.25) is 0 Å². The molecule has 0 atom stereocenters. The van der Waals surface area contributed by atoms with Crippen LogP contribution in [0.5, 0.6) is 0 Å². The van der Waals surface area contributed by atoms with Gasteiger partial charge in [-0.2, -0.15) is 0 Å². The van der Waals surface area contributed by atoms with Crippen molar-refractivity contribution >= 4 is 5.97 Å². The molecule has 5 heteroatoms. The topological polar surface area (TPSA) is 66.6 Å². The molecule has 0 aliphatic carbocycles. The van der Waals surface area contributed by atoms with Crippen LogP contribution in [-0.2, 0) is 25.0 Å². The van der Waals surface area contributed by atoms with Crippen molar-refractivity contribution in [2.45, 2.75) is 45.8 Å². The van der Waals surface area contributed by atoms with Crippen molar-refractivity contribution in [1.29, 1.82) is 0 Å². The van der Waals surface area contributed by atoms with Gasteiger partial charge in [-0.3, -0.25) is 4.90 Å². The highest BCUT2D eigenvalue weighted by Gasteiger charge is 2.26. The number of hydrogen-bond donors (Lipinski definition) is 1. The first kappa shape index (κ1) is 14.8. The molecule has 1 aromatic carbocycles. The number of aromatic nitrogens is 1. The number of carbonyl (C=O) groups is 1. The Kier molecular flexibility index (Phi) is 3.53. The van der Waals surface area contributed by atoms with Crippen LogP contribution in [0.15, 0.2) is 28.8 Å². The summed E-state index contributed by atoms with van der Waals surface area (Å²) in [6, 6.07) is 5.46. The monoisotopic (exact) mass is 300 g/mol. The van der Waals surface area contributed by atoms with Crippen molar-refractivity contribution in [3.63, 3.8) is 0 Å². The van der Waals surface area contributed by atoms with Gasteiger partial charge in [0.25, 0.3) is 0 Å². The number of benzene rings is 1. The fourth-order valence-corrected chi connectivity index (χ4v) is 2.75. The van der Waals surface area contributed by atoms with E-state index >= 15 is 0 Å². The molecule has 0 spiro atoms. The summed E-state index contributed by atoms with van der Waals surface area (Å²) in [5.74, 6) is 0.674. The van der Waals surface area contributed by atoms with Crippen molar-refractivity contribution < 1.29 is 14.3 Å². The first-order valence-electron chi connectivity index (χ1n) is 7.36. The van der Waals surface area contributed by atoms with E-state index in [4.69, 9.17) is 4.42 Å². The van der Waals surface area contributed by atoms with Crippen molar-refractivity contribution in [2.75, 3.05) is 0 Å². The second kappa shape index (κ2) is 5.25. The average molecular weight is 300 g/mol. The Morgan fingerprint density at radius 2 is 2.14 bits per heavy atom. The minimum atomic E-state index is -0.867. The molecule has 1 aliphatic heterocycles. The molecule has 0 fully saturated rings. The Morgan fingerprint density at radius 1 is 1.36 bits per heavy atom. The molecule has 3 rings (SSSR count). The third kappa shape index (κ3) is 2.76. The number of hydrogen-bond acceptors (Lipinski definition) is 4. The number of rotatable bonds is 3. The number of nitrogens with zero attached hydrogens (tertiary/aromatic N) is 2. The fraction of sp³-hybridized carbons (Fsp3) is 0.412. The van der Waals surface area contributed by atoms with Gasteiger partial charge in [0.1, 0.15) is 5.76 Å². The van der Waals surface area contributed by atoms with Crippen molar-refractivity contribution in [1.82, 2.24) is 9.88 Å². The molecule has 0 saturated heterocycles. The highest BCUT2D eigenvalue weighted by atomic mass is 16.4. The maximum atomic E-state index is 11.3. The summed E-state index contributed by atoms with van der Waals surface area (Å²) in [6.45, 7) is 8.19. The highest BCUT2D eigenvalue weighted by molar-refractivity contribution is 5.90. The van der Waals surface area contributed by atoms with Crippen molar-refractivity contribution in [3.8, 4) is 0 Å². The van der Waals surface area contributed by atoms with Crippen LogP contribution in [0.4, 0.5) is 0 Å². The summed E-state index contributed by atoms with van der Waals surface area (Å²) in [4.78, 5) is 17.8. The van der Waals surface area contributed by atoms with Crippen LogP contribution in [-0.4, -0.2) is 21.0 Å². The summed E-state index contributed by atoms with van der Waals surface area (Å²) in [7, 11) is 0. The number of fused-ring (bicyclic) bond motifs is 1. The van der Waals surface area contributed by atoms with Crippen LogP contribution in [0.25, 0.3) is 0 Å². The molecule has 22 heavy (non-hydrogen) atoms. The van der Waals surface area contributed by atoms with Gasteiger partial charge in [0.15, 0.2) is 5.89 Å². The predicted octanol–water partition coefficient (Wildman–Crippen LogP) is 3.19. The van der Waals surface area contributed by atoms with Gasteiger partial charge in [-0.1, -0.05) is 32.9 Å². The van der Waals surface area contributed by atoms with E-state index in [0.29, 0.717) is 18.7 Å².